The Morgan fingerprint density at radius 2 is 2.50 bits per heavy atom. The lowest BCUT2D eigenvalue weighted by Crippen LogP contribution is -2.19. The van der Waals surface area contributed by atoms with Crippen molar-refractivity contribution in [3.8, 4) is 0 Å². The van der Waals surface area contributed by atoms with Crippen LogP contribution in [-0.2, 0) is 4.74 Å². The molecule has 0 N–H and O–H groups in total. The maximum Gasteiger partial charge on any atom is 0.177 e. The SMILES string of the molecule is C=CC1(C)C=C(C)OC=N1. The van der Waals surface area contributed by atoms with Crippen LogP contribution in [0.5, 0.6) is 0 Å². The van der Waals surface area contributed by atoms with Gasteiger partial charge in [0.2, 0.25) is 0 Å². The molecule has 1 aliphatic rings. The van der Waals surface area contributed by atoms with E-state index in [-0.39, 0.29) is 5.54 Å². The van der Waals surface area contributed by atoms with E-state index < -0.39 is 0 Å². The summed E-state index contributed by atoms with van der Waals surface area (Å²) in [5.74, 6) is 0.873. The van der Waals surface area contributed by atoms with Crippen LogP contribution in [0.2, 0.25) is 0 Å². The molecule has 0 spiro atoms. The summed E-state index contributed by atoms with van der Waals surface area (Å²) in [7, 11) is 0. The van der Waals surface area contributed by atoms with E-state index in [4.69, 9.17) is 4.74 Å². The van der Waals surface area contributed by atoms with Gasteiger partial charge in [0.05, 0.1) is 0 Å². The van der Waals surface area contributed by atoms with Crippen molar-refractivity contribution >= 4 is 6.40 Å². The van der Waals surface area contributed by atoms with Crippen molar-refractivity contribution in [2.24, 2.45) is 4.99 Å². The highest BCUT2D eigenvalue weighted by atomic mass is 16.5. The number of hydrogen-bond donors (Lipinski definition) is 0. The van der Waals surface area contributed by atoms with E-state index in [2.05, 4.69) is 11.6 Å². The summed E-state index contributed by atoms with van der Waals surface area (Å²) in [6.45, 7) is 7.55. The first kappa shape index (κ1) is 7.06. The summed E-state index contributed by atoms with van der Waals surface area (Å²) in [5, 5.41) is 0. The van der Waals surface area contributed by atoms with Gasteiger partial charge in [-0.1, -0.05) is 6.08 Å². The van der Waals surface area contributed by atoms with Crippen LogP contribution in [0.15, 0.2) is 29.5 Å². The first-order chi connectivity index (χ1) is 4.66. The third kappa shape index (κ3) is 1.26. The zero-order valence-electron chi connectivity index (χ0n) is 6.29. The van der Waals surface area contributed by atoms with Crippen molar-refractivity contribution in [1.82, 2.24) is 0 Å². The van der Waals surface area contributed by atoms with Gasteiger partial charge in [-0.3, -0.25) is 0 Å². The highest BCUT2D eigenvalue weighted by Crippen LogP contribution is 2.18. The van der Waals surface area contributed by atoms with E-state index in [1.807, 2.05) is 19.9 Å². The van der Waals surface area contributed by atoms with E-state index >= 15 is 0 Å². The second kappa shape index (κ2) is 2.29. The molecule has 0 aromatic heterocycles. The predicted molar refractivity (Wildman–Crippen MR) is 41.9 cm³/mol. The molecule has 0 fully saturated rings. The molecular formula is C8H11NO. The quantitative estimate of drug-likeness (QED) is 0.506. The molecule has 0 aromatic carbocycles. The van der Waals surface area contributed by atoms with Crippen molar-refractivity contribution in [2.45, 2.75) is 19.4 Å². The zero-order valence-corrected chi connectivity index (χ0v) is 6.29. The van der Waals surface area contributed by atoms with E-state index in [1.54, 1.807) is 6.08 Å². The Morgan fingerprint density at radius 3 is 2.90 bits per heavy atom. The highest BCUT2D eigenvalue weighted by Gasteiger charge is 2.17. The smallest absolute Gasteiger partial charge is 0.177 e. The number of rotatable bonds is 1. The fourth-order valence-corrected chi connectivity index (χ4v) is 0.817. The molecule has 54 valence electrons. The van der Waals surface area contributed by atoms with Gasteiger partial charge in [-0.25, -0.2) is 4.99 Å². The molecule has 1 rings (SSSR count). The molecule has 1 atom stereocenters. The summed E-state index contributed by atoms with van der Waals surface area (Å²) in [6.07, 6.45) is 5.17. The van der Waals surface area contributed by atoms with Crippen LogP contribution in [0.4, 0.5) is 0 Å². The van der Waals surface area contributed by atoms with Gasteiger partial charge in [0.25, 0.3) is 0 Å². The van der Waals surface area contributed by atoms with Gasteiger partial charge in [0.15, 0.2) is 6.40 Å². The Balaban J connectivity index is 2.87. The second-order valence-electron chi connectivity index (χ2n) is 2.54. The minimum absolute atomic E-state index is 0.262. The first-order valence-corrected chi connectivity index (χ1v) is 3.20. The van der Waals surface area contributed by atoms with Crippen LogP contribution >= 0.6 is 0 Å². The van der Waals surface area contributed by atoms with Crippen LogP contribution in [0, 0.1) is 0 Å². The number of ether oxygens (including phenoxy) is 1. The molecule has 2 heteroatoms. The molecular weight excluding hydrogens is 126 g/mol. The summed E-state index contributed by atoms with van der Waals surface area (Å²) < 4.78 is 5.00. The number of aliphatic imine (C=N–C) groups is 1. The Bertz CT molecular complexity index is 205. The average molecular weight is 137 g/mol. The maximum absolute atomic E-state index is 5.00. The monoisotopic (exact) mass is 137 g/mol. The van der Waals surface area contributed by atoms with Crippen molar-refractivity contribution < 1.29 is 4.74 Å². The van der Waals surface area contributed by atoms with Gasteiger partial charge in [-0.15, -0.1) is 6.58 Å². The van der Waals surface area contributed by atoms with Crippen LogP contribution in [-0.4, -0.2) is 11.9 Å². The first-order valence-electron chi connectivity index (χ1n) is 3.20. The standard InChI is InChI=1S/C8H11NO/c1-4-8(3)5-7(2)10-6-9-8/h4-6H,1H2,2-3H3. The van der Waals surface area contributed by atoms with Gasteiger partial charge in [-0.2, -0.15) is 0 Å². The molecule has 0 amide bonds. The third-order valence-corrected chi connectivity index (χ3v) is 1.48. The van der Waals surface area contributed by atoms with Gasteiger partial charge in [-0.05, 0) is 19.9 Å². The minimum Gasteiger partial charge on any atom is -0.451 e. The Hall–Kier alpha value is -1.05. The van der Waals surface area contributed by atoms with Crippen molar-refractivity contribution in [3.63, 3.8) is 0 Å². The topological polar surface area (TPSA) is 21.6 Å². The van der Waals surface area contributed by atoms with E-state index in [0.717, 1.165) is 5.76 Å². The van der Waals surface area contributed by atoms with Gasteiger partial charge in [0, 0.05) is 0 Å². The molecule has 10 heavy (non-hydrogen) atoms. The predicted octanol–water partition coefficient (Wildman–Crippen LogP) is 1.89. The molecule has 1 heterocycles. The lowest BCUT2D eigenvalue weighted by Gasteiger charge is -2.20. The average Bonchev–Trinajstić information content (AvgIpc) is 1.88. The molecule has 0 saturated heterocycles. The molecule has 0 saturated carbocycles. The normalized spacial score (nSPS) is 30.8. The number of hydrogen-bond acceptors (Lipinski definition) is 2. The summed E-state index contributed by atoms with van der Waals surface area (Å²) in [5.41, 5.74) is -0.262. The third-order valence-electron chi connectivity index (χ3n) is 1.48. The summed E-state index contributed by atoms with van der Waals surface area (Å²) in [6, 6.07) is 0. The van der Waals surface area contributed by atoms with E-state index in [1.165, 1.54) is 6.40 Å². The van der Waals surface area contributed by atoms with Crippen molar-refractivity contribution in [2.75, 3.05) is 0 Å². The Morgan fingerprint density at radius 1 is 1.80 bits per heavy atom. The van der Waals surface area contributed by atoms with Crippen molar-refractivity contribution in [3.05, 3.63) is 24.5 Å². The van der Waals surface area contributed by atoms with E-state index in [9.17, 15) is 0 Å². The summed E-state index contributed by atoms with van der Waals surface area (Å²) in [4.78, 5) is 4.09. The molecule has 0 radical (unpaired) electrons. The van der Waals surface area contributed by atoms with Gasteiger partial charge < -0.3 is 4.74 Å². The van der Waals surface area contributed by atoms with Gasteiger partial charge >= 0.3 is 0 Å². The molecule has 1 aliphatic heterocycles. The van der Waals surface area contributed by atoms with Crippen LogP contribution in [0.3, 0.4) is 0 Å². The summed E-state index contributed by atoms with van der Waals surface area (Å²) >= 11 is 0. The molecule has 1 unspecified atom stereocenters. The molecule has 0 aromatic rings. The van der Waals surface area contributed by atoms with Crippen LogP contribution in [0.1, 0.15) is 13.8 Å². The van der Waals surface area contributed by atoms with Crippen LogP contribution in [0.25, 0.3) is 0 Å². The second-order valence-corrected chi connectivity index (χ2v) is 2.54. The van der Waals surface area contributed by atoms with E-state index in [0.29, 0.717) is 0 Å². The fraction of sp³-hybridized carbons (Fsp3) is 0.375. The molecule has 0 aliphatic carbocycles. The fourth-order valence-electron chi connectivity index (χ4n) is 0.817. The van der Waals surface area contributed by atoms with Crippen LogP contribution < -0.4 is 0 Å². The lowest BCUT2D eigenvalue weighted by molar-refractivity contribution is 0.406. The minimum atomic E-state index is -0.262. The highest BCUT2D eigenvalue weighted by molar-refractivity contribution is 5.53. The van der Waals surface area contributed by atoms with Crippen molar-refractivity contribution in [1.29, 1.82) is 0 Å². The molecule has 2 nitrogen and oxygen atoms in total. The molecule has 0 bridgehead atoms. The van der Waals surface area contributed by atoms with Gasteiger partial charge in [0.1, 0.15) is 11.3 Å². The Kier molecular flexibility index (Phi) is 1.62. The lowest BCUT2D eigenvalue weighted by atomic mass is 10.0. The Labute approximate surface area is 60.9 Å². The largest absolute Gasteiger partial charge is 0.451 e. The zero-order chi connectivity index (χ0) is 7.61. The maximum atomic E-state index is 5.00. The number of nitrogens with zero attached hydrogens (tertiary/aromatic N) is 1. The number of allylic oxidation sites excluding steroid dienone is 1.